The molecule has 0 fully saturated rings. The van der Waals surface area contributed by atoms with Gasteiger partial charge in [-0.25, -0.2) is 0 Å². The quantitative estimate of drug-likeness (QED) is 0.753. The molecule has 2 aromatic carbocycles. The lowest BCUT2D eigenvalue weighted by Crippen LogP contribution is -2.36. The summed E-state index contributed by atoms with van der Waals surface area (Å²) in [5.41, 5.74) is 2.74. The van der Waals surface area contributed by atoms with Crippen molar-refractivity contribution in [3.8, 4) is 23.0 Å². The molecule has 0 saturated heterocycles. The summed E-state index contributed by atoms with van der Waals surface area (Å²) in [6, 6.07) is 7.34. The van der Waals surface area contributed by atoms with Gasteiger partial charge in [-0.15, -0.1) is 0 Å². The van der Waals surface area contributed by atoms with Crippen molar-refractivity contribution in [2.24, 2.45) is 0 Å². The molecule has 0 N–H and O–H groups in total. The van der Waals surface area contributed by atoms with Gasteiger partial charge in [-0.3, -0.25) is 4.79 Å². The van der Waals surface area contributed by atoms with Gasteiger partial charge in [0, 0.05) is 18.7 Å². The van der Waals surface area contributed by atoms with Crippen molar-refractivity contribution >= 4 is 17.5 Å². The smallest absolute Gasteiger partial charge is 0.254 e. The number of nitrogens with zero attached hydrogens (tertiary/aromatic N) is 1. The number of carbonyl (C=O) groups is 1. The first-order valence-corrected chi connectivity index (χ1v) is 9.78. The third kappa shape index (κ3) is 3.44. The van der Waals surface area contributed by atoms with Crippen LogP contribution in [-0.2, 0) is 13.0 Å². The summed E-state index contributed by atoms with van der Waals surface area (Å²) in [6.45, 7) is 6.27. The Morgan fingerprint density at radius 1 is 1.07 bits per heavy atom. The van der Waals surface area contributed by atoms with Gasteiger partial charge in [-0.1, -0.05) is 11.6 Å². The normalized spacial score (nSPS) is 14.6. The minimum Gasteiger partial charge on any atom is -0.490 e. The molecular weight excluding hydrogens is 382 g/mol. The van der Waals surface area contributed by atoms with Crippen LogP contribution in [0.15, 0.2) is 24.3 Å². The first-order valence-electron chi connectivity index (χ1n) is 9.40. The van der Waals surface area contributed by atoms with Gasteiger partial charge in [0.15, 0.2) is 23.0 Å². The van der Waals surface area contributed by atoms with E-state index in [0.29, 0.717) is 54.1 Å². The third-order valence-corrected chi connectivity index (χ3v) is 5.12. The second-order valence-corrected chi connectivity index (χ2v) is 7.01. The minimum atomic E-state index is -0.0855. The summed E-state index contributed by atoms with van der Waals surface area (Å²) in [7, 11) is 0. The molecule has 6 nitrogen and oxygen atoms in total. The van der Waals surface area contributed by atoms with E-state index < -0.39 is 0 Å². The number of carbonyl (C=O) groups excluding carboxylic acids is 1. The van der Waals surface area contributed by atoms with E-state index in [1.54, 1.807) is 12.1 Å². The highest BCUT2D eigenvalue weighted by atomic mass is 35.5. The van der Waals surface area contributed by atoms with E-state index in [0.717, 1.165) is 17.7 Å². The van der Waals surface area contributed by atoms with Gasteiger partial charge < -0.3 is 23.8 Å². The van der Waals surface area contributed by atoms with Crippen molar-refractivity contribution in [1.82, 2.24) is 4.90 Å². The topological polar surface area (TPSA) is 57.2 Å². The Morgan fingerprint density at radius 3 is 2.50 bits per heavy atom. The van der Waals surface area contributed by atoms with Crippen LogP contribution in [0.25, 0.3) is 0 Å². The molecule has 0 aromatic heterocycles. The lowest BCUT2D eigenvalue weighted by atomic mass is 9.98. The van der Waals surface area contributed by atoms with Gasteiger partial charge in [-0.2, -0.15) is 0 Å². The summed E-state index contributed by atoms with van der Waals surface area (Å²) < 4.78 is 22.1. The second-order valence-electron chi connectivity index (χ2n) is 6.60. The monoisotopic (exact) mass is 403 g/mol. The first-order chi connectivity index (χ1) is 13.6. The van der Waals surface area contributed by atoms with Crippen LogP contribution in [0.5, 0.6) is 23.0 Å². The van der Waals surface area contributed by atoms with Crippen LogP contribution in [0.2, 0.25) is 5.02 Å². The molecule has 7 heteroatoms. The summed E-state index contributed by atoms with van der Waals surface area (Å²) in [6.07, 6.45) is 0.756. The van der Waals surface area contributed by atoms with Crippen molar-refractivity contribution in [3.05, 3.63) is 46.0 Å². The van der Waals surface area contributed by atoms with E-state index in [9.17, 15) is 4.79 Å². The molecule has 0 aliphatic carbocycles. The highest BCUT2D eigenvalue weighted by Crippen LogP contribution is 2.40. The second kappa shape index (κ2) is 7.80. The number of halogens is 1. The van der Waals surface area contributed by atoms with Crippen LogP contribution in [0.1, 0.15) is 35.3 Å². The van der Waals surface area contributed by atoms with E-state index >= 15 is 0 Å². The Kier molecular flexibility index (Phi) is 5.22. The average molecular weight is 404 g/mol. The molecule has 2 aromatic rings. The Bertz CT molecular complexity index is 914. The molecule has 0 saturated carbocycles. The maximum Gasteiger partial charge on any atom is 0.254 e. The lowest BCUT2D eigenvalue weighted by molar-refractivity contribution is 0.0734. The van der Waals surface area contributed by atoms with Gasteiger partial charge >= 0.3 is 0 Å². The molecule has 0 spiro atoms. The molecule has 2 aliphatic heterocycles. The average Bonchev–Trinajstić information content (AvgIpc) is 3.17. The van der Waals surface area contributed by atoms with Crippen LogP contribution >= 0.6 is 11.6 Å². The molecule has 0 atom stereocenters. The van der Waals surface area contributed by atoms with Gasteiger partial charge in [0.2, 0.25) is 6.79 Å². The van der Waals surface area contributed by atoms with Gasteiger partial charge in [0.1, 0.15) is 0 Å². The number of amides is 1. The molecule has 0 unspecified atom stereocenters. The molecule has 4 rings (SSSR count). The summed E-state index contributed by atoms with van der Waals surface area (Å²) in [4.78, 5) is 14.9. The Labute approximate surface area is 168 Å². The zero-order chi connectivity index (χ0) is 19.7. The van der Waals surface area contributed by atoms with E-state index in [4.69, 9.17) is 30.5 Å². The first kappa shape index (κ1) is 18.7. The fourth-order valence-corrected chi connectivity index (χ4v) is 3.81. The van der Waals surface area contributed by atoms with Crippen LogP contribution in [0.4, 0.5) is 0 Å². The van der Waals surface area contributed by atoms with E-state index in [-0.39, 0.29) is 12.7 Å². The summed E-state index contributed by atoms with van der Waals surface area (Å²) >= 11 is 6.24. The van der Waals surface area contributed by atoms with E-state index in [1.165, 1.54) is 5.56 Å². The molecule has 0 radical (unpaired) electrons. The summed E-state index contributed by atoms with van der Waals surface area (Å²) in [5, 5.41) is 0.385. The zero-order valence-corrected chi connectivity index (χ0v) is 16.7. The number of benzene rings is 2. The van der Waals surface area contributed by atoms with Crippen molar-refractivity contribution in [3.63, 3.8) is 0 Å². The highest BCUT2D eigenvalue weighted by molar-refractivity contribution is 6.32. The molecule has 0 bridgehead atoms. The number of hydrogen-bond acceptors (Lipinski definition) is 5. The number of fused-ring (bicyclic) bond motifs is 2. The fourth-order valence-electron chi connectivity index (χ4n) is 3.55. The molecule has 148 valence electrons. The standard InChI is InChI=1S/C21H22ClNO5/c1-3-25-17-8-13-5-6-23(11-15(13)10-18(17)26-4-2)21(24)14-7-16(22)20-19(9-14)27-12-28-20/h7-10H,3-6,11-12H2,1-2H3. The maximum absolute atomic E-state index is 13.1. The van der Waals surface area contributed by atoms with Crippen LogP contribution in [-0.4, -0.2) is 37.4 Å². The summed E-state index contributed by atoms with van der Waals surface area (Å²) in [5.74, 6) is 2.38. The predicted molar refractivity (Wildman–Crippen MR) is 105 cm³/mol. The van der Waals surface area contributed by atoms with E-state index in [1.807, 2.05) is 30.9 Å². The van der Waals surface area contributed by atoms with Crippen LogP contribution < -0.4 is 18.9 Å². The predicted octanol–water partition coefficient (Wildman–Crippen LogP) is 4.06. The lowest BCUT2D eigenvalue weighted by Gasteiger charge is -2.30. The van der Waals surface area contributed by atoms with Crippen LogP contribution in [0.3, 0.4) is 0 Å². The third-order valence-electron chi connectivity index (χ3n) is 4.84. The Balaban J connectivity index is 1.59. The molecule has 2 aliphatic rings. The van der Waals surface area contributed by atoms with Gasteiger partial charge in [-0.05, 0) is 55.7 Å². The van der Waals surface area contributed by atoms with Gasteiger partial charge in [0.05, 0.1) is 18.2 Å². The van der Waals surface area contributed by atoms with Crippen molar-refractivity contribution < 1.29 is 23.7 Å². The molecule has 2 heterocycles. The van der Waals surface area contributed by atoms with Crippen LogP contribution in [0, 0.1) is 0 Å². The Hall–Kier alpha value is -2.60. The zero-order valence-electron chi connectivity index (χ0n) is 15.9. The van der Waals surface area contributed by atoms with E-state index in [2.05, 4.69) is 0 Å². The van der Waals surface area contributed by atoms with Crippen molar-refractivity contribution in [2.45, 2.75) is 26.8 Å². The number of ether oxygens (including phenoxy) is 4. The SMILES string of the molecule is CCOc1cc2c(cc1OCC)CN(C(=O)c1cc(Cl)c3c(c1)OCO3)CC2. The number of rotatable bonds is 5. The van der Waals surface area contributed by atoms with Gasteiger partial charge in [0.25, 0.3) is 5.91 Å². The fraction of sp³-hybridized carbons (Fsp3) is 0.381. The van der Waals surface area contributed by atoms with Crippen molar-refractivity contribution in [2.75, 3.05) is 26.6 Å². The minimum absolute atomic E-state index is 0.0855. The largest absolute Gasteiger partial charge is 0.490 e. The maximum atomic E-state index is 13.1. The number of hydrogen-bond donors (Lipinski definition) is 0. The molecule has 1 amide bonds. The Morgan fingerprint density at radius 2 is 1.79 bits per heavy atom. The van der Waals surface area contributed by atoms with Crippen molar-refractivity contribution in [1.29, 1.82) is 0 Å². The highest BCUT2D eigenvalue weighted by Gasteiger charge is 2.27. The molecular formula is C21H22ClNO5. The molecule has 28 heavy (non-hydrogen) atoms.